The Morgan fingerprint density at radius 2 is 2.14 bits per heavy atom. The van der Waals surface area contributed by atoms with Crippen LogP contribution in [-0.2, 0) is 4.79 Å². The molecule has 4 heteroatoms. The van der Waals surface area contributed by atoms with Gasteiger partial charge in [-0.1, -0.05) is 0 Å². The van der Waals surface area contributed by atoms with E-state index in [1.807, 2.05) is 0 Å². The number of halogens is 1. The fourth-order valence-corrected chi connectivity index (χ4v) is 0.243. The Kier molecular flexibility index (Phi) is 11.9. The first-order valence-corrected chi connectivity index (χ1v) is 2.08. The van der Waals surface area contributed by atoms with Crippen LogP contribution in [-0.4, -0.2) is 68.3 Å². The van der Waals surface area contributed by atoms with Crippen LogP contribution in [0.5, 0.6) is 0 Å². The summed E-state index contributed by atoms with van der Waals surface area (Å²) in [6.45, 7) is 0. The van der Waals surface area contributed by atoms with Crippen LogP contribution in [0.2, 0.25) is 0 Å². The monoisotopic (exact) mass is 148 g/mol. The van der Waals surface area contributed by atoms with E-state index in [-0.39, 0.29) is 63.7 Å². The van der Waals surface area contributed by atoms with Gasteiger partial charge < -0.3 is 5.11 Å². The van der Waals surface area contributed by atoms with Crippen molar-refractivity contribution in [2.24, 2.45) is 0 Å². The summed E-state index contributed by atoms with van der Waals surface area (Å²) in [4.78, 5) is 9.51. The molecular formula is C3H6ClKO2. The van der Waals surface area contributed by atoms with E-state index in [4.69, 9.17) is 16.7 Å². The Morgan fingerprint density at radius 3 is 2.14 bits per heavy atom. The summed E-state index contributed by atoms with van der Waals surface area (Å²) in [6.07, 6.45) is 0.0571. The molecule has 0 atom stereocenters. The van der Waals surface area contributed by atoms with Gasteiger partial charge in [-0.3, -0.25) is 4.79 Å². The van der Waals surface area contributed by atoms with Gasteiger partial charge in [-0.05, 0) is 0 Å². The molecule has 0 aliphatic heterocycles. The van der Waals surface area contributed by atoms with Crippen LogP contribution in [0.1, 0.15) is 6.42 Å². The van der Waals surface area contributed by atoms with E-state index in [1.165, 1.54) is 0 Å². The van der Waals surface area contributed by atoms with E-state index >= 15 is 0 Å². The van der Waals surface area contributed by atoms with Gasteiger partial charge in [0, 0.05) is 5.88 Å². The Morgan fingerprint density at radius 1 is 1.71 bits per heavy atom. The van der Waals surface area contributed by atoms with Crippen LogP contribution in [0.15, 0.2) is 0 Å². The molecule has 0 radical (unpaired) electrons. The summed E-state index contributed by atoms with van der Waals surface area (Å²) >= 11 is 5.02. The van der Waals surface area contributed by atoms with E-state index in [0.29, 0.717) is 0 Å². The van der Waals surface area contributed by atoms with Crippen LogP contribution in [0.4, 0.5) is 0 Å². The standard InChI is InChI=1S/C3H5ClO2.K.H/c4-2-1-3(5)6;;/h1-2H2,(H,5,6);;. The molecule has 0 aromatic heterocycles. The number of alkyl halides is 1. The molecule has 0 aromatic rings. The van der Waals surface area contributed by atoms with Gasteiger partial charge in [-0.15, -0.1) is 11.6 Å². The molecule has 0 saturated heterocycles. The molecular weight excluding hydrogens is 143 g/mol. The molecule has 0 aliphatic carbocycles. The molecule has 0 fully saturated rings. The van der Waals surface area contributed by atoms with Gasteiger partial charge in [0.05, 0.1) is 6.42 Å². The summed E-state index contributed by atoms with van der Waals surface area (Å²) in [7, 11) is 0. The summed E-state index contributed by atoms with van der Waals surface area (Å²) in [5, 5.41) is 7.83. The molecule has 0 spiro atoms. The van der Waals surface area contributed by atoms with Crippen molar-refractivity contribution in [3.05, 3.63) is 0 Å². The van der Waals surface area contributed by atoms with Crippen molar-refractivity contribution in [1.82, 2.24) is 0 Å². The summed E-state index contributed by atoms with van der Waals surface area (Å²) in [5.41, 5.74) is 0. The Labute approximate surface area is 89.7 Å². The topological polar surface area (TPSA) is 37.3 Å². The average Bonchev–Trinajstić information content (AvgIpc) is 1.35. The van der Waals surface area contributed by atoms with Gasteiger partial charge in [-0.2, -0.15) is 0 Å². The quantitative estimate of drug-likeness (QED) is 0.444. The number of hydrogen-bond donors (Lipinski definition) is 1. The second-order valence-corrected chi connectivity index (χ2v) is 1.21. The first-order valence-electron chi connectivity index (χ1n) is 1.55. The number of hydrogen-bond acceptors (Lipinski definition) is 1. The molecule has 7 heavy (non-hydrogen) atoms. The molecule has 2 nitrogen and oxygen atoms in total. The van der Waals surface area contributed by atoms with Crippen molar-refractivity contribution in [3.8, 4) is 0 Å². The van der Waals surface area contributed by atoms with Gasteiger partial charge in [0.1, 0.15) is 0 Å². The molecule has 0 bridgehead atoms. The number of carboxylic acid groups (broad SMARTS) is 1. The molecule has 0 saturated carbocycles. The zero-order valence-corrected chi connectivity index (χ0v) is 3.90. The summed E-state index contributed by atoms with van der Waals surface area (Å²) in [6, 6.07) is 0. The first kappa shape index (κ1) is 11.2. The molecule has 0 unspecified atom stereocenters. The maximum atomic E-state index is 9.51. The third-order valence-corrected chi connectivity index (χ3v) is 0.497. The van der Waals surface area contributed by atoms with Crippen LogP contribution in [0.3, 0.4) is 0 Å². The molecule has 0 aromatic carbocycles. The molecule has 38 valence electrons. The van der Waals surface area contributed by atoms with Crippen molar-refractivity contribution >= 4 is 69.0 Å². The van der Waals surface area contributed by atoms with Gasteiger partial charge in [0.15, 0.2) is 0 Å². The van der Waals surface area contributed by atoms with Crippen LogP contribution in [0, 0.1) is 0 Å². The maximum absolute atomic E-state index is 9.51. The SMILES string of the molecule is O=C(O)CCCl.[KH]. The fourth-order valence-electron chi connectivity index (χ4n) is 0.0808. The summed E-state index contributed by atoms with van der Waals surface area (Å²) < 4.78 is 0. The van der Waals surface area contributed by atoms with Crippen molar-refractivity contribution in [2.45, 2.75) is 6.42 Å². The normalized spacial score (nSPS) is 7.00. The zero-order valence-electron chi connectivity index (χ0n) is 3.15. The minimum atomic E-state index is -0.843. The Bertz CT molecular complexity index is 56.9. The molecule has 0 aliphatic rings. The van der Waals surface area contributed by atoms with Crippen molar-refractivity contribution in [1.29, 1.82) is 0 Å². The predicted octanol–water partition coefficient (Wildman–Crippen LogP) is 0.0514. The Hall–Kier alpha value is 1.40. The summed E-state index contributed by atoms with van der Waals surface area (Å²) in [5.74, 6) is -0.639. The van der Waals surface area contributed by atoms with E-state index in [0.717, 1.165) is 0 Å². The number of rotatable bonds is 2. The van der Waals surface area contributed by atoms with Crippen molar-refractivity contribution < 1.29 is 9.90 Å². The number of aliphatic carboxylic acids is 1. The molecule has 1 N–H and O–H groups in total. The molecule has 0 amide bonds. The van der Waals surface area contributed by atoms with Gasteiger partial charge in [-0.25, -0.2) is 0 Å². The van der Waals surface area contributed by atoms with E-state index in [9.17, 15) is 4.79 Å². The van der Waals surface area contributed by atoms with Crippen LogP contribution >= 0.6 is 11.6 Å². The zero-order chi connectivity index (χ0) is 4.99. The molecule has 0 heterocycles. The average molecular weight is 149 g/mol. The van der Waals surface area contributed by atoms with E-state index < -0.39 is 5.97 Å². The Balaban J connectivity index is 0. The van der Waals surface area contributed by atoms with E-state index in [2.05, 4.69) is 0 Å². The van der Waals surface area contributed by atoms with Crippen molar-refractivity contribution in [2.75, 3.05) is 5.88 Å². The predicted molar refractivity (Wildman–Crippen MR) is 30.1 cm³/mol. The minimum absolute atomic E-state index is 0. The number of carboxylic acids is 1. The van der Waals surface area contributed by atoms with Gasteiger partial charge in [0.25, 0.3) is 0 Å². The third kappa shape index (κ3) is 11.1. The number of carbonyl (C=O) groups is 1. The fraction of sp³-hybridized carbons (Fsp3) is 0.667. The van der Waals surface area contributed by atoms with Gasteiger partial charge in [0.2, 0.25) is 0 Å². The molecule has 0 rings (SSSR count). The van der Waals surface area contributed by atoms with Gasteiger partial charge >= 0.3 is 57.4 Å². The van der Waals surface area contributed by atoms with E-state index in [1.54, 1.807) is 0 Å². The second kappa shape index (κ2) is 7.40. The third-order valence-electron chi connectivity index (χ3n) is 0.308. The van der Waals surface area contributed by atoms with Crippen LogP contribution in [0.25, 0.3) is 0 Å². The van der Waals surface area contributed by atoms with Crippen molar-refractivity contribution in [3.63, 3.8) is 0 Å². The van der Waals surface area contributed by atoms with Crippen LogP contribution < -0.4 is 0 Å². The second-order valence-electron chi connectivity index (χ2n) is 0.833. The first-order chi connectivity index (χ1) is 2.77.